The zero-order valence-electron chi connectivity index (χ0n) is 17.7. The van der Waals surface area contributed by atoms with Crippen LogP contribution < -0.4 is 10.5 Å². The van der Waals surface area contributed by atoms with Gasteiger partial charge in [0.15, 0.2) is 0 Å². The number of rotatable bonds is 2. The van der Waals surface area contributed by atoms with Crippen LogP contribution in [0.5, 0.6) is 0 Å². The number of fused-ring (bicyclic) bond motifs is 2. The van der Waals surface area contributed by atoms with Gasteiger partial charge in [-0.15, -0.1) is 0 Å². The summed E-state index contributed by atoms with van der Waals surface area (Å²) in [5.41, 5.74) is 5.02. The Labute approximate surface area is 179 Å². The van der Waals surface area contributed by atoms with Crippen LogP contribution >= 0.6 is 0 Å². The zero-order chi connectivity index (χ0) is 20.9. The number of aromatic nitrogens is 2. The van der Waals surface area contributed by atoms with Crippen molar-refractivity contribution in [3.63, 3.8) is 0 Å². The highest BCUT2D eigenvalue weighted by Crippen LogP contribution is 2.53. The van der Waals surface area contributed by atoms with Crippen LogP contribution in [0.25, 0.3) is 27.9 Å². The van der Waals surface area contributed by atoms with Crippen molar-refractivity contribution < 1.29 is 4.42 Å². The summed E-state index contributed by atoms with van der Waals surface area (Å²) in [5, 5.41) is 0.921. The molecule has 0 radical (unpaired) electrons. The average Bonchev–Trinajstić information content (AvgIpc) is 3.13. The number of nitrogens with zero attached hydrogens (tertiary/aromatic N) is 4. The van der Waals surface area contributed by atoms with Crippen molar-refractivity contribution in [2.45, 2.75) is 44.3 Å². The smallest absolute Gasteiger partial charge is 0.345 e. The minimum atomic E-state index is -0.344. The van der Waals surface area contributed by atoms with Crippen LogP contribution in [-0.2, 0) is 0 Å². The average molecular weight is 412 g/mol. The molecule has 31 heavy (non-hydrogen) atoms. The fourth-order valence-corrected chi connectivity index (χ4v) is 6.25. The summed E-state index contributed by atoms with van der Waals surface area (Å²) in [6, 6.07) is 13.5. The third kappa shape index (κ3) is 2.42. The van der Waals surface area contributed by atoms with Crippen molar-refractivity contribution in [1.82, 2.24) is 14.3 Å². The molecule has 0 bridgehead atoms. The van der Waals surface area contributed by atoms with Gasteiger partial charge in [0, 0.05) is 60.2 Å². The predicted molar refractivity (Wildman–Crippen MR) is 121 cm³/mol. The van der Waals surface area contributed by atoms with Crippen LogP contribution in [0.1, 0.15) is 25.3 Å². The third-order valence-corrected chi connectivity index (χ3v) is 7.60. The molecule has 1 aromatic carbocycles. The molecule has 0 spiro atoms. The van der Waals surface area contributed by atoms with Crippen LogP contribution in [0.4, 0.5) is 5.69 Å². The fourth-order valence-electron chi connectivity index (χ4n) is 6.25. The van der Waals surface area contributed by atoms with E-state index in [0.717, 1.165) is 35.4 Å². The number of hydrogen-bond donors (Lipinski definition) is 0. The lowest BCUT2D eigenvalue weighted by molar-refractivity contribution is -0.194. The molecule has 3 aliphatic heterocycles. The zero-order valence-corrected chi connectivity index (χ0v) is 17.7. The minimum absolute atomic E-state index is 0.344. The van der Waals surface area contributed by atoms with Crippen molar-refractivity contribution >= 4 is 22.3 Å². The molecule has 2 atom stereocenters. The summed E-state index contributed by atoms with van der Waals surface area (Å²) in [6.45, 7) is 6.54. The Morgan fingerprint density at radius 3 is 2.68 bits per heavy atom. The topological polar surface area (TPSA) is 54.0 Å². The van der Waals surface area contributed by atoms with Gasteiger partial charge in [-0.2, -0.15) is 0 Å². The van der Waals surface area contributed by atoms with E-state index in [1.165, 1.54) is 12.8 Å². The maximum atomic E-state index is 12.8. The number of benzene rings is 1. The standard InChI is InChI=1S/C25H24N4O2/c1-15-5-6-27-14-21(26-23(27)7-15)20-8-16-3-4-17(9-22(16)31-24(20)30)28-12-18-10-25(2)11-19(13-28)29(18)25/h3-9,14,18-19H,10-13H2,1-2H3. The molecule has 2 unspecified atom stereocenters. The molecule has 6 heterocycles. The number of aryl methyl sites for hydroxylation is 1. The van der Waals surface area contributed by atoms with Crippen molar-refractivity contribution in [2.24, 2.45) is 0 Å². The largest absolute Gasteiger partial charge is 0.422 e. The van der Waals surface area contributed by atoms with Gasteiger partial charge >= 0.3 is 5.63 Å². The van der Waals surface area contributed by atoms with E-state index < -0.39 is 0 Å². The monoisotopic (exact) mass is 412 g/mol. The first-order valence-electron chi connectivity index (χ1n) is 11.0. The highest BCUT2D eigenvalue weighted by Gasteiger charge is 2.62. The second-order valence-corrected chi connectivity index (χ2v) is 9.79. The summed E-state index contributed by atoms with van der Waals surface area (Å²) >= 11 is 0. The molecule has 156 valence electrons. The van der Waals surface area contributed by atoms with E-state index in [1.54, 1.807) is 0 Å². The molecule has 6 nitrogen and oxygen atoms in total. The number of imidazole rings is 1. The summed E-state index contributed by atoms with van der Waals surface area (Å²) < 4.78 is 7.70. The number of piperidine rings is 1. The first-order chi connectivity index (χ1) is 15.0. The molecule has 0 aliphatic carbocycles. The Bertz CT molecular complexity index is 1420. The molecular weight excluding hydrogens is 388 g/mol. The van der Waals surface area contributed by atoms with Gasteiger partial charge < -0.3 is 13.7 Å². The molecule has 3 aromatic heterocycles. The molecule has 0 saturated carbocycles. The Morgan fingerprint density at radius 1 is 1.10 bits per heavy atom. The number of pyridine rings is 1. The number of piperazine rings is 1. The van der Waals surface area contributed by atoms with Gasteiger partial charge in [0.2, 0.25) is 0 Å². The molecule has 4 aromatic rings. The lowest BCUT2D eigenvalue weighted by Crippen LogP contribution is -2.83. The molecule has 3 fully saturated rings. The summed E-state index contributed by atoms with van der Waals surface area (Å²) in [7, 11) is 0. The summed E-state index contributed by atoms with van der Waals surface area (Å²) in [4.78, 5) is 22.6. The third-order valence-electron chi connectivity index (χ3n) is 7.60. The van der Waals surface area contributed by atoms with Crippen molar-refractivity contribution in [3.05, 3.63) is 64.8 Å². The van der Waals surface area contributed by atoms with Gasteiger partial charge in [-0.05, 0) is 62.6 Å². The van der Waals surface area contributed by atoms with E-state index >= 15 is 0 Å². The molecule has 7 rings (SSSR count). The maximum absolute atomic E-state index is 12.8. The molecule has 0 N–H and O–H groups in total. The SMILES string of the molecule is Cc1ccn2cc(-c3cc4ccc(N5CC6CC7(C)CC(C5)N67)cc4oc3=O)nc2c1. The second-order valence-electron chi connectivity index (χ2n) is 9.79. The van der Waals surface area contributed by atoms with E-state index in [-0.39, 0.29) is 5.63 Å². The van der Waals surface area contributed by atoms with Crippen molar-refractivity contribution in [1.29, 1.82) is 0 Å². The van der Waals surface area contributed by atoms with Crippen LogP contribution in [0.15, 0.2) is 58.0 Å². The number of anilines is 1. The van der Waals surface area contributed by atoms with Gasteiger partial charge in [0.25, 0.3) is 0 Å². The van der Waals surface area contributed by atoms with E-state index in [0.29, 0.717) is 34.5 Å². The number of hydrogen-bond acceptors (Lipinski definition) is 5. The van der Waals surface area contributed by atoms with Gasteiger partial charge in [-0.3, -0.25) is 4.90 Å². The quantitative estimate of drug-likeness (QED) is 0.468. The van der Waals surface area contributed by atoms with Crippen LogP contribution in [0.3, 0.4) is 0 Å². The highest BCUT2D eigenvalue weighted by atomic mass is 16.4. The van der Waals surface area contributed by atoms with Crippen molar-refractivity contribution in [3.8, 4) is 11.3 Å². The normalized spacial score (nSPS) is 27.2. The summed E-state index contributed by atoms with van der Waals surface area (Å²) in [6.07, 6.45) is 6.43. The molecule has 6 heteroatoms. The van der Waals surface area contributed by atoms with Gasteiger partial charge in [-0.25, -0.2) is 9.78 Å². The van der Waals surface area contributed by atoms with E-state index in [2.05, 4.69) is 33.8 Å². The van der Waals surface area contributed by atoms with Crippen molar-refractivity contribution in [2.75, 3.05) is 18.0 Å². The first-order valence-corrected chi connectivity index (χ1v) is 11.0. The minimum Gasteiger partial charge on any atom is -0.422 e. The first kappa shape index (κ1) is 17.5. The molecular formula is C25H24N4O2. The molecule has 3 saturated heterocycles. The Kier molecular flexibility index (Phi) is 3.26. The van der Waals surface area contributed by atoms with Crippen LogP contribution in [0, 0.1) is 6.92 Å². The Hall–Kier alpha value is -3.12. The van der Waals surface area contributed by atoms with E-state index in [1.807, 2.05) is 48.0 Å². The highest BCUT2D eigenvalue weighted by molar-refractivity contribution is 5.84. The van der Waals surface area contributed by atoms with Gasteiger partial charge in [0.1, 0.15) is 11.2 Å². The fraction of sp³-hybridized carbons (Fsp3) is 0.360. The predicted octanol–water partition coefficient (Wildman–Crippen LogP) is 3.84. The van der Waals surface area contributed by atoms with Crippen LogP contribution in [-0.4, -0.2) is 45.0 Å². The lowest BCUT2D eigenvalue weighted by atomic mass is 9.64. The summed E-state index contributed by atoms with van der Waals surface area (Å²) in [5.74, 6) is 0. The molecule has 3 aliphatic rings. The van der Waals surface area contributed by atoms with E-state index in [4.69, 9.17) is 4.42 Å². The van der Waals surface area contributed by atoms with Crippen LogP contribution in [0.2, 0.25) is 0 Å². The Balaban J connectivity index is 1.24. The lowest BCUT2D eigenvalue weighted by Gasteiger charge is -2.73. The Morgan fingerprint density at radius 2 is 1.90 bits per heavy atom. The van der Waals surface area contributed by atoms with Gasteiger partial charge in [-0.1, -0.05) is 0 Å². The van der Waals surface area contributed by atoms with Gasteiger partial charge in [0.05, 0.1) is 11.3 Å². The second kappa shape index (κ2) is 5.77. The maximum Gasteiger partial charge on any atom is 0.345 e. The molecule has 0 amide bonds. The van der Waals surface area contributed by atoms with E-state index in [9.17, 15) is 4.79 Å².